The van der Waals surface area contributed by atoms with Crippen molar-refractivity contribution in [3.8, 4) is 0 Å². The number of anilines is 2. The second-order valence-electron chi connectivity index (χ2n) is 3.72. The van der Waals surface area contributed by atoms with Crippen molar-refractivity contribution in [3.63, 3.8) is 0 Å². The summed E-state index contributed by atoms with van der Waals surface area (Å²) in [6.45, 7) is 2.04. The molecule has 0 unspecified atom stereocenters. The molecule has 0 bridgehead atoms. The molecule has 0 saturated carbocycles. The highest BCUT2D eigenvalue weighted by atomic mass is 16.2. The molecule has 1 aromatic heterocycles. The number of aryl methyl sites for hydroxylation is 1. The Morgan fingerprint density at radius 3 is 3.06 bits per heavy atom. The van der Waals surface area contributed by atoms with Gasteiger partial charge >= 0.3 is 0 Å². The third kappa shape index (κ3) is 2.81. The molecule has 2 aromatic rings. The fourth-order valence-electron chi connectivity index (χ4n) is 1.43. The lowest BCUT2D eigenvalue weighted by Crippen LogP contribution is -2.19. The Morgan fingerprint density at radius 2 is 2.35 bits per heavy atom. The highest BCUT2D eigenvalue weighted by molar-refractivity contribution is 5.91. The molecule has 0 aliphatic carbocycles. The van der Waals surface area contributed by atoms with Gasteiger partial charge in [-0.1, -0.05) is 6.07 Å². The van der Waals surface area contributed by atoms with Crippen molar-refractivity contribution in [1.29, 1.82) is 0 Å². The minimum Gasteiger partial charge on any atom is -0.399 e. The first kappa shape index (κ1) is 11.1. The van der Waals surface area contributed by atoms with E-state index in [4.69, 9.17) is 5.73 Å². The first-order chi connectivity index (χ1) is 8.15. The lowest BCUT2D eigenvalue weighted by molar-refractivity contribution is -0.116. The Balaban J connectivity index is 2.05. The largest absolute Gasteiger partial charge is 0.399 e. The van der Waals surface area contributed by atoms with E-state index in [9.17, 15) is 4.79 Å². The summed E-state index contributed by atoms with van der Waals surface area (Å²) in [6, 6.07) is 5.39. The third-order valence-electron chi connectivity index (χ3n) is 2.31. The summed E-state index contributed by atoms with van der Waals surface area (Å²) >= 11 is 0. The average molecular weight is 231 g/mol. The molecule has 0 radical (unpaired) electrons. The zero-order valence-electron chi connectivity index (χ0n) is 9.42. The van der Waals surface area contributed by atoms with Crippen molar-refractivity contribution in [1.82, 2.24) is 14.8 Å². The normalized spacial score (nSPS) is 10.2. The smallest absolute Gasteiger partial charge is 0.246 e. The molecular formula is C11H13N5O. The Morgan fingerprint density at radius 1 is 1.53 bits per heavy atom. The van der Waals surface area contributed by atoms with Gasteiger partial charge in [0.15, 0.2) is 0 Å². The first-order valence-corrected chi connectivity index (χ1v) is 5.13. The molecule has 0 aliphatic rings. The molecule has 6 nitrogen and oxygen atoms in total. The summed E-state index contributed by atoms with van der Waals surface area (Å²) in [5.74, 6) is -0.163. The van der Waals surface area contributed by atoms with E-state index in [1.807, 2.05) is 13.0 Å². The average Bonchev–Trinajstić information content (AvgIpc) is 2.76. The Bertz CT molecular complexity index is 521. The van der Waals surface area contributed by atoms with Gasteiger partial charge in [0.2, 0.25) is 5.91 Å². The zero-order valence-corrected chi connectivity index (χ0v) is 9.42. The number of carbonyl (C=O) groups excluding carboxylic acids is 1. The maximum Gasteiger partial charge on any atom is 0.246 e. The summed E-state index contributed by atoms with van der Waals surface area (Å²) in [5, 5.41) is 6.64. The van der Waals surface area contributed by atoms with Gasteiger partial charge in [-0.25, -0.2) is 9.67 Å². The first-order valence-electron chi connectivity index (χ1n) is 5.13. The van der Waals surface area contributed by atoms with Crippen LogP contribution in [0.15, 0.2) is 30.9 Å². The van der Waals surface area contributed by atoms with Crippen LogP contribution in [0.2, 0.25) is 0 Å². The van der Waals surface area contributed by atoms with E-state index in [-0.39, 0.29) is 12.5 Å². The summed E-state index contributed by atoms with van der Waals surface area (Å²) in [6.07, 6.45) is 2.88. The predicted octanol–water partition coefficient (Wildman–Crippen LogP) is 0.807. The van der Waals surface area contributed by atoms with Gasteiger partial charge in [0.25, 0.3) is 0 Å². The van der Waals surface area contributed by atoms with Crippen molar-refractivity contribution in [2.75, 3.05) is 11.1 Å². The van der Waals surface area contributed by atoms with Crippen LogP contribution < -0.4 is 11.1 Å². The Hall–Kier alpha value is -2.37. The van der Waals surface area contributed by atoms with Crippen molar-refractivity contribution < 1.29 is 4.79 Å². The third-order valence-corrected chi connectivity index (χ3v) is 2.31. The maximum absolute atomic E-state index is 11.7. The lowest BCUT2D eigenvalue weighted by Gasteiger charge is -2.08. The van der Waals surface area contributed by atoms with Gasteiger partial charge in [0.1, 0.15) is 19.2 Å². The lowest BCUT2D eigenvalue weighted by atomic mass is 10.2. The number of nitrogens with one attached hydrogen (secondary N) is 1. The Kier molecular flexibility index (Phi) is 3.04. The molecule has 1 amide bonds. The van der Waals surface area contributed by atoms with Crippen LogP contribution in [0.1, 0.15) is 5.56 Å². The fourth-order valence-corrected chi connectivity index (χ4v) is 1.43. The second kappa shape index (κ2) is 4.65. The van der Waals surface area contributed by atoms with Crippen molar-refractivity contribution in [2.24, 2.45) is 0 Å². The predicted molar refractivity (Wildman–Crippen MR) is 64.2 cm³/mol. The van der Waals surface area contributed by atoms with Crippen LogP contribution in [0, 0.1) is 6.92 Å². The van der Waals surface area contributed by atoms with Crippen LogP contribution in [0.5, 0.6) is 0 Å². The van der Waals surface area contributed by atoms with Crippen LogP contribution >= 0.6 is 0 Å². The van der Waals surface area contributed by atoms with Gasteiger partial charge < -0.3 is 11.1 Å². The van der Waals surface area contributed by atoms with E-state index in [1.165, 1.54) is 17.3 Å². The molecule has 0 atom stereocenters. The van der Waals surface area contributed by atoms with Gasteiger partial charge in [0, 0.05) is 11.4 Å². The maximum atomic E-state index is 11.7. The summed E-state index contributed by atoms with van der Waals surface area (Å²) < 4.78 is 1.46. The van der Waals surface area contributed by atoms with E-state index in [0.717, 1.165) is 11.3 Å². The number of rotatable bonds is 3. The second-order valence-corrected chi connectivity index (χ2v) is 3.72. The number of benzene rings is 1. The van der Waals surface area contributed by atoms with Crippen molar-refractivity contribution >= 4 is 17.3 Å². The number of nitrogens with zero attached hydrogens (tertiary/aromatic N) is 3. The van der Waals surface area contributed by atoms with E-state index in [1.54, 1.807) is 12.1 Å². The molecule has 1 aromatic carbocycles. The monoisotopic (exact) mass is 231 g/mol. The summed E-state index contributed by atoms with van der Waals surface area (Å²) in [7, 11) is 0. The van der Waals surface area contributed by atoms with Crippen molar-refractivity contribution in [3.05, 3.63) is 36.4 Å². The molecular weight excluding hydrogens is 218 g/mol. The molecule has 3 N–H and O–H groups in total. The number of aromatic nitrogens is 3. The van der Waals surface area contributed by atoms with Crippen LogP contribution in [-0.2, 0) is 11.3 Å². The number of carbonyl (C=O) groups is 1. The molecule has 6 heteroatoms. The number of hydrogen-bond acceptors (Lipinski definition) is 4. The minimum atomic E-state index is -0.163. The number of hydrogen-bond donors (Lipinski definition) is 2. The van der Waals surface area contributed by atoms with Gasteiger partial charge in [-0.3, -0.25) is 4.79 Å². The van der Waals surface area contributed by atoms with Crippen LogP contribution in [0.4, 0.5) is 11.4 Å². The standard InChI is InChI=1S/C11H13N5O/c1-8-2-3-9(12)4-10(8)15-11(17)5-16-7-13-6-14-16/h2-4,6-7H,5,12H2,1H3,(H,15,17). The van der Waals surface area contributed by atoms with Gasteiger partial charge in [-0.15, -0.1) is 0 Å². The molecule has 17 heavy (non-hydrogen) atoms. The van der Waals surface area contributed by atoms with Crippen LogP contribution in [-0.4, -0.2) is 20.7 Å². The topological polar surface area (TPSA) is 85.8 Å². The van der Waals surface area contributed by atoms with E-state index < -0.39 is 0 Å². The van der Waals surface area contributed by atoms with Gasteiger partial charge in [-0.2, -0.15) is 5.10 Å². The molecule has 0 aliphatic heterocycles. The summed E-state index contributed by atoms with van der Waals surface area (Å²) in [5.41, 5.74) is 7.96. The highest BCUT2D eigenvalue weighted by Crippen LogP contribution is 2.17. The SMILES string of the molecule is Cc1ccc(N)cc1NC(=O)Cn1cncn1. The van der Waals surface area contributed by atoms with E-state index >= 15 is 0 Å². The van der Waals surface area contributed by atoms with E-state index in [2.05, 4.69) is 15.4 Å². The quantitative estimate of drug-likeness (QED) is 0.765. The number of amides is 1. The zero-order chi connectivity index (χ0) is 12.3. The van der Waals surface area contributed by atoms with Gasteiger partial charge in [0.05, 0.1) is 0 Å². The number of nitrogen functional groups attached to an aromatic ring is 1. The molecule has 0 saturated heterocycles. The van der Waals surface area contributed by atoms with Gasteiger partial charge in [-0.05, 0) is 24.6 Å². The molecule has 2 rings (SSSR count). The van der Waals surface area contributed by atoms with Crippen LogP contribution in [0.3, 0.4) is 0 Å². The summed E-state index contributed by atoms with van der Waals surface area (Å²) in [4.78, 5) is 15.5. The Labute approximate surface area is 98.5 Å². The molecule has 1 heterocycles. The fraction of sp³-hybridized carbons (Fsp3) is 0.182. The molecule has 88 valence electrons. The minimum absolute atomic E-state index is 0.133. The number of nitrogens with two attached hydrogens (primary N) is 1. The molecule has 0 fully saturated rings. The van der Waals surface area contributed by atoms with Crippen molar-refractivity contribution in [2.45, 2.75) is 13.5 Å². The van der Waals surface area contributed by atoms with E-state index in [0.29, 0.717) is 5.69 Å². The molecule has 0 spiro atoms. The van der Waals surface area contributed by atoms with Crippen LogP contribution in [0.25, 0.3) is 0 Å². The highest BCUT2D eigenvalue weighted by Gasteiger charge is 2.06.